The summed E-state index contributed by atoms with van der Waals surface area (Å²) < 4.78 is 5.50. The van der Waals surface area contributed by atoms with E-state index in [0.29, 0.717) is 5.82 Å². The Morgan fingerprint density at radius 1 is 1.17 bits per heavy atom. The summed E-state index contributed by atoms with van der Waals surface area (Å²) in [4.78, 5) is 13.7. The molecule has 23 heavy (non-hydrogen) atoms. The van der Waals surface area contributed by atoms with Crippen LogP contribution in [0.15, 0.2) is 40.9 Å². The first-order valence-electron chi connectivity index (χ1n) is 8.25. The van der Waals surface area contributed by atoms with Gasteiger partial charge in [-0.25, -0.2) is 0 Å². The normalized spacial score (nSPS) is 17.2. The lowest BCUT2D eigenvalue weighted by Gasteiger charge is -2.37. The molecule has 1 heterocycles. The summed E-state index contributed by atoms with van der Waals surface area (Å²) in [5.41, 5.74) is 0.731. The average molecular weight is 312 g/mol. The van der Waals surface area contributed by atoms with Gasteiger partial charge in [0.05, 0.1) is 5.54 Å². The molecule has 0 aliphatic heterocycles. The summed E-state index contributed by atoms with van der Waals surface area (Å²) in [7, 11) is 0. The Kier molecular flexibility index (Phi) is 4.00. The van der Waals surface area contributed by atoms with Crippen LogP contribution in [0.1, 0.15) is 57.8 Å². The summed E-state index contributed by atoms with van der Waals surface area (Å²) >= 11 is 0. The molecule has 1 aliphatic carbocycles. The lowest BCUT2D eigenvalue weighted by Crippen LogP contribution is -2.44. The molecule has 122 valence electrons. The summed E-state index contributed by atoms with van der Waals surface area (Å²) in [6, 6.07) is 12.2. The molecule has 0 bridgehead atoms. The molecule has 2 aromatic rings. The molecule has 0 unspecified atom stereocenters. The molecule has 0 atom stereocenters. The number of anilines is 1. The van der Waals surface area contributed by atoms with Crippen molar-refractivity contribution in [2.75, 3.05) is 4.90 Å². The predicted molar refractivity (Wildman–Crippen MR) is 90.3 cm³/mol. The molecule has 0 radical (unpaired) electrons. The van der Waals surface area contributed by atoms with Crippen molar-refractivity contribution in [3.05, 3.63) is 47.7 Å². The maximum Gasteiger partial charge on any atom is 0.216 e. The van der Waals surface area contributed by atoms with Crippen molar-refractivity contribution in [2.24, 2.45) is 0 Å². The number of amides is 1. The largest absolute Gasteiger partial charge is 0.359 e. The number of aromatic nitrogens is 1. The average Bonchev–Trinajstić information content (AvgIpc) is 3.19. The molecule has 4 heteroatoms. The van der Waals surface area contributed by atoms with Crippen molar-refractivity contribution in [2.45, 2.75) is 57.4 Å². The zero-order valence-electron chi connectivity index (χ0n) is 14.1. The second-order valence-electron chi connectivity index (χ2n) is 7.38. The van der Waals surface area contributed by atoms with Gasteiger partial charge in [0.25, 0.3) is 0 Å². The standard InChI is InChI=1S/C19H24N2O2/c1-18(2,3)16-13-17(20-23-16)21(14-22)19(11-7-8-12-19)15-9-5-4-6-10-15/h4-6,9-10,13-14H,7-8,11-12H2,1-3H3. The van der Waals surface area contributed by atoms with Crippen LogP contribution < -0.4 is 4.90 Å². The van der Waals surface area contributed by atoms with E-state index in [1.165, 1.54) is 5.56 Å². The highest BCUT2D eigenvalue weighted by Crippen LogP contribution is 2.45. The van der Waals surface area contributed by atoms with Crippen LogP contribution in [-0.2, 0) is 15.7 Å². The van der Waals surface area contributed by atoms with Crippen LogP contribution in [0.2, 0.25) is 0 Å². The van der Waals surface area contributed by atoms with E-state index in [-0.39, 0.29) is 11.0 Å². The van der Waals surface area contributed by atoms with Gasteiger partial charge in [-0.15, -0.1) is 0 Å². The minimum atomic E-state index is -0.310. The van der Waals surface area contributed by atoms with Gasteiger partial charge < -0.3 is 4.52 Å². The van der Waals surface area contributed by atoms with Gasteiger partial charge in [-0.05, 0) is 18.4 Å². The molecular weight excluding hydrogens is 288 g/mol. The van der Waals surface area contributed by atoms with Crippen LogP contribution in [0.3, 0.4) is 0 Å². The Labute approximate surface area is 137 Å². The number of benzene rings is 1. The lowest BCUT2D eigenvalue weighted by atomic mass is 9.86. The molecule has 1 aromatic carbocycles. The molecule has 0 spiro atoms. The SMILES string of the molecule is CC(C)(C)c1cc(N(C=O)C2(c3ccccc3)CCCC2)no1. The maximum atomic E-state index is 12.0. The fraction of sp³-hybridized carbons (Fsp3) is 0.474. The number of carbonyl (C=O) groups is 1. The van der Waals surface area contributed by atoms with Crippen molar-refractivity contribution >= 4 is 12.2 Å². The molecule has 1 fully saturated rings. The van der Waals surface area contributed by atoms with Crippen LogP contribution in [0.25, 0.3) is 0 Å². The number of nitrogens with zero attached hydrogens (tertiary/aromatic N) is 2. The van der Waals surface area contributed by atoms with Gasteiger partial charge in [0, 0.05) is 11.5 Å². The van der Waals surface area contributed by atoms with Gasteiger partial charge in [0.1, 0.15) is 5.76 Å². The van der Waals surface area contributed by atoms with Crippen LogP contribution >= 0.6 is 0 Å². The Hall–Kier alpha value is -2.10. The van der Waals surface area contributed by atoms with E-state index in [4.69, 9.17) is 4.52 Å². The van der Waals surface area contributed by atoms with Gasteiger partial charge in [-0.1, -0.05) is 69.1 Å². The minimum Gasteiger partial charge on any atom is -0.359 e. The molecule has 1 aliphatic rings. The molecule has 0 N–H and O–H groups in total. The molecule has 4 nitrogen and oxygen atoms in total. The van der Waals surface area contributed by atoms with E-state index in [9.17, 15) is 4.79 Å². The Morgan fingerprint density at radius 2 is 1.83 bits per heavy atom. The van der Waals surface area contributed by atoms with E-state index in [1.807, 2.05) is 24.3 Å². The van der Waals surface area contributed by atoms with Crippen LogP contribution in [0.4, 0.5) is 5.82 Å². The highest BCUT2D eigenvalue weighted by Gasteiger charge is 2.42. The Balaban J connectivity index is 2.04. The summed E-state index contributed by atoms with van der Waals surface area (Å²) in [5.74, 6) is 1.40. The third kappa shape index (κ3) is 2.78. The molecule has 0 saturated heterocycles. The number of carbonyl (C=O) groups excluding carboxylic acids is 1. The summed E-state index contributed by atoms with van der Waals surface area (Å²) in [6.07, 6.45) is 5.04. The fourth-order valence-electron chi connectivity index (χ4n) is 3.48. The topological polar surface area (TPSA) is 46.3 Å². The van der Waals surface area contributed by atoms with Crippen LogP contribution in [0.5, 0.6) is 0 Å². The van der Waals surface area contributed by atoms with E-state index >= 15 is 0 Å². The van der Waals surface area contributed by atoms with Gasteiger partial charge >= 0.3 is 0 Å². The van der Waals surface area contributed by atoms with Gasteiger partial charge in [-0.2, -0.15) is 0 Å². The summed E-state index contributed by atoms with van der Waals surface area (Å²) in [6.45, 7) is 6.22. The first kappa shape index (κ1) is 15.8. The number of rotatable bonds is 4. The van der Waals surface area contributed by atoms with E-state index in [1.54, 1.807) is 4.90 Å². The third-order valence-corrected chi connectivity index (χ3v) is 4.79. The monoisotopic (exact) mass is 312 g/mol. The molecule has 1 amide bonds. The van der Waals surface area contributed by atoms with Crippen LogP contribution in [-0.4, -0.2) is 11.6 Å². The van der Waals surface area contributed by atoms with Crippen molar-refractivity contribution in [3.8, 4) is 0 Å². The maximum absolute atomic E-state index is 12.0. The molecule has 1 aromatic heterocycles. The van der Waals surface area contributed by atoms with E-state index in [0.717, 1.165) is 37.9 Å². The first-order chi connectivity index (χ1) is 11.0. The second kappa shape index (κ2) is 5.84. The van der Waals surface area contributed by atoms with Gasteiger partial charge in [0.2, 0.25) is 6.41 Å². The second-order valence-corrected chi connectivity index (χ2v) is 7.38. The number of hydrogen-bond donors (Lipinski definition) is 0. The zero-order chi connectivity index (χ0) is 16.5. The number of hydrogen-bond acceptors (Lipinski definition) is 3. The molecular formula is C19H24N2O2. The third-order valence-electron chi connectivity index (χ3n) is 4.79. The highest BCUT2D eigenvalue weighted by molar-refractivity contribution is 5.76. The first-order valence-corrected chi connectivity index (χ1v) is 8.25. The lowest BCUT2D eigenvalue weighted by molar-refractivity contribution is -0.108. The van der Waals surface area contributed by atoms with Crippen molar-refractivity contribution in [3.63, 3.8) is 0 Å². The quantitative estimate of drug-likeness (QED) is 0.786. The smallest absolute Gasteiger partial charge is 0.216 e. The van der Waals surface area contributed by atoms with Crippen molar-refractivity contribution < 1.29 is 9.32 Å². The molecule has 1 saturated carbocycles. The summed E-state index contributed by atoms with van der Waals surface area (Å²) in [5, 5.41) is 4.19. The molecule has 3 rings (SSSR count). The van der Waals surface area contributed by atoms with Gasteiger partial charge in [-0.3, -0.25) is 9.69 Å². The van der Waals surface area contributed by atoms with E-state index in [2.05, 4.69) is 38.1 Å². The minimum absolute atomic E-state index is 0.130. The van der Waals surface area contributed by atoms with Gasteiger partial charge in [0.15, 0.2) is 5.82 Å². The zero-order valence-corrected chi connectivity index (χ0v) is 14.1. The van der Waals surface area contributed by atoms with E-state index < -0.39 is 0 Å². The van der Waals surface area contributed by atoms with Crippen molar-refractivity contribution in [1.82, 2.24) is 5.16 Å². The Morgan fingerprint density at radius 3 is 2.35 bits per heavy atom. The highest BCUT2D eigenvalue weighted by atomic mass is 16.5. The van der Waals surface area contributed by atoms with Crippen LogP contribution in [0, 0.1) is 0 Å². The fourth-order valence-corrected chi connectivity index (χ4v) is 3.48. The Bertz CT molecular complexity index is 664. The predicted octanol–water partition coefficient (Wildman–Crippen LogP) is 4.40. The van der Waals surface area contributed by atoms with Crippen molar-refractivity contribution in [1.29, 1.82) is 0 Å².